The van der Waals surface area contributed by atoms with E-state index in [2.05, 4.69) is 12.2 Å². The third kappa shape index (κ3) is 14.5. The van der Waals surface area contributed by atoms with Gasteiger partial charge in [0.25, 0.3) is 0 Å². The van der Waals surface area contributed by atoms with Gasteiger partial charge in [-0.3, -0.25) is 14.4 Å². The van der Waals surface area contributed by atoms with E-state index in [0.29, 0.717) is 42.7 Å². The van der Waals surface area contributed by atoms with Crippen molar-refractivity contribution in [2.75, 3.05) is 0 Å². The highest BCUT2D eigenvalue weighted by molar-refractivity contribution is 5.94. The molecule has 0 aliphatic heterocycles. The first kappa shape index (κ1) is 39.7. The van der Waals surface area contributed by atoms with Gasteiger partial charge in [0, 0.05) is 19.3 Å². The zero-order valence-corrected chi connectivity index (χ0v) is 27.6. The smallest absolute Gasteiger partial charge is 0.337 e. The van der Waals surface area contributed by atoms with Gasteiger partial charge in [0.2, 0.25) is 5.91 Å². The third-order valence-electron chi connectivity index (χ3n) is 8.01. The highest BCUT2D eigenvalue weighted by Gasteiger charge is 2.49. The first-order chi connectivity index (χ1) is 23.0. The van der Waals surface area contributed by atoms with E-state index in [1.54, 1.807) is 36.4 Å². The van der Waals surface area contributed by atoms with Crippen LogP contribution in [0.1, 0.15) is 96.0 Å². The first-order valence-electron chi connectivity index (χ1n) is 16.7. The van der Waals surface area contributed by atoms with E-state index >= 15 is 0 Å². The van der Waals surface area contributed by atoms with Gasteiger partial charge in [0.05, 0.1) is 12.3 Å². The number of carbonyl (C=O) groups excluding carboxylic acids is 2. The van der Waals surface area contributed by atoms with Crippen molar-refractivity contribution in [3.05, 3.63) is 72.3 Å². The number of carbonyl (C=O) groups is 5. The lowest BCUT2D eigenvalue weighted by Gasteiger charge is -2.29. The topological polar surface area (TPSA) is 188 Å². The summed E-state index contributed by atoms with van der Waals surface area (Å²) < 4.78 is 5.74. The number of para-hydroxylation sites is 1. The SMILES string of the molecule is CCCCCCCC(=O)CCCCCC/C=C/[C@H](C(=O)N[C@@H](Cc1ccc(Oc2ccccc2)cc1)C(=O)O)C(O)(CC(=O)O)C(=O)O. The van der Waals surface area contributed by atoms with Crippen molar-refractivity contribution in [1.29, 1.82) is 0 Å². The summed E-state index contributed by atoms with van der Waals surface area (Å²) in [4.78, 5) is 61.0. The normalized spacial score (nSPS) is 13.7. The molecule has 48 heavy (non-hydrogen) atoms. The summed E-state index contributed by atoms with van der Waals surface area (Å²) in [5.41, 5.74) is -2.49. The number of unbranched alkanes of at least 4 members (excludes halogenated alkanes) is 8. The molecule has 1 unspecified atom stereocenters. The van der Waals surface area contributed by atoms with E-state index < -0.39 is 47.8 Å². The monoisotopic (exact) mass is 667 g/mol. The van der Waals surface area contributed by atoms with Crippen LogP contribution in [-0.4, -0.2) is 61.7 Å². The quantitative estimate of drug-likeness (QED) is 0.0592. The van der Waals surface area contributed by atoms with Gasteiger partial charge in [-0.2, -0.15) is 0 Å². The number of allylic oxidation sites excluding steroid dienone is 1. The van der Waals surface area contributed by atoms with Crippen LogP contribution in [0.4, 0.5) is 0 Å². The predicted molar refractivity (Wildman–Crippen MR) is 180 cm³/mol. The molecule has 3 atom stereocenters. The highest BCUT2D eigenvalue weighted by atomic mass is 16.5. The zero-order chi connectivity index (χ0) is 35.4. The Kier molecular flexibility index (Phi) is 17.7. The fourth-order valence-corrected chi connectivity index (χ4v) is 5.25. The largest absolute Gasteiger partial charge is 0.481 e. The molecule has 0 radical (unpaired) electrons. The molecule has 0 saturated heterocycles. The van der Waals surface area contributed by atoms with E-state index in [1.165, 1.54) is 12.5 Å². The summed E-state index contributed by atoms with van der Waals surface area (Å²) in [5.74, 6) is -6.61. The number of ketones is 1. The Balaban J connectivity index is 2.00. The van der Waals surface area contributed by atoms with Crippen molar-refractivity contribution in [2.24, 2.45) is 5.92 Å². The lowest BCUT2D eigenvalue weighted by molar-refractivity contribution is -0.172. The molecule has 0 heterocycles. The van der Waals surface area contributed by atoms with Gasteiger partial charge >= 0.3 is 17.9 Å². The van der Waals surface area contributed by atoms with E-state index in [0.717, 1.165) is 51.0 Å². The second kappa shape index (κ2) is 21.4. The fourth-order valence-electron chi connectivity index (χ4n) is 5.25. The van der Waals surface area contributed by atoms with Crippen LogP contribution in [0.25, 0.3) is 0 Å². The van der Waals surface area contributed by atoms with Crippen LogP contribution in [0.5, 0.6) is 11.5 Å². The average Bonchev–Trinajstić information content (AvgIpc) is 3.04. The van der Waals surface area contributed by atoms with E-state index in [4.69, 9.17) is 4.74 Å². The van der Waals surface area contributed by atoms with Crippen molar-refractivity contribution >= 4 is 29.6 Å². The van der Waals surface area contributed by atoms with Crippen LogP contribution in [0.2, 0.25) is 0 Å². The molecule has 0 saturated carbocycles. The summed E-state index contributed by atoms with van der Waals surface area (Å²) in [6, 6.07) is 14.1. The van der Waals surface area contributed by atoms with Crippen molar-refractivity contribution in [3.63, 3.8) is 0 Å². The minimum absolute atomic E-state index is 0.172. The number of carboxylic acid groups (broad SMARTS) is 3. The molecule has 11 heteroatoms. The second-order valence-electron chi connectivity index (χ2n) is 12.0. The van der Waals surface area contributed by atoms with Gasteiger partial charge in [0.15, 0.2) is 5.60 Å². The molecule has 262 valence electrons. The number of nitrogens with one attached hydrogen (secondary N) is 1. The Hall–Kier alpha value is -4.51. The Morgan fingerprint density at radius 1 is 0.792 bits per heavy atom. The lowest BCUT2D eigenvalue weighted by atomic mass is 9.82. The Morgan fingerprint density at radius 2 is 1.38 bits per heavy atom. The van der Waals surface area contributed by atoms with Crippen LogP contribution in [0, 0.1) is 5.92 Å². The summed E-state index contributed by atoms with van der Waals surface area (Å²) in [6.45, 7) is 2.15. The average molecular weight is 668 g/mol. The maximum atomic E-state index is 13.3. The third-order valence-corrected chi connectivity index (χ3v) is 8.01. The zero-order valence-electron chi connectivity index (χ0n) is 27.6. The molecule has 2 aromatic rings. The number of aliphatic carboxylic acids is 3. The summed E-state index contributed by atoms with van der Waals surface area (Å²) in [7, 11) is 0. The highest BCUT2D eigenvalue weighted by Crippen LogP contribution is 2.26. The van der Waals surface area contributed by atoms with Gasteiger partial charge in [-0.1, -0.05) is 87.9 Å². The number of rotatable bonds is 25. The Bertz CT molecular complexity index is 1340. The summed E-state index contributed by atoms with van der Waals surface area (Å²) in [5, 5.41) is 42.1. The van der Waals surface area contributed by atoms with Gasteiger partial charge in [-0.15, -0.1) is 0 Å². The standard InChI is InChI=1S/C37H49NO10/c1-2-3-4-7-11-16-28(39)17-12-8-5-6-9-15-20-31(37(47,36(45)46)26-33(40)41)34(42)38-32(35(43)44)25-27-21-23-30(24-22-27)48-29-18-13-10-14-19-29/h10,13-15,18-24,31-32,47H,2-9,11-12,16-17,25-26H2,1H3,(H,38,42)(H,40,41)(H,43,44)(H,45,46)/b20-15+/t31-,32+,37?/m1/s1. The maximum absolute atomic E-state index is 13.3. The van der Waals surface area contributed by atoms with Crippen LogP contribution in [0.15, 0.2) is 66.7 Å². The van der Waals surface area contributed by atoms with Crippen LogP contribution in [-0.2, 0) is 30.4 Å². The van der Waals surface area contributed by atoms with Crippen LogP contribution in [0.3, 0.4) is 0 Å². The van der Waals surface area contributed by atoms with E-state index in [9.17, 15) is 44.4 Å². The number of benzene rings is 2. The molecular weight excluding hydrogens is 618 g/mol. The fraction of sp³-hybridized carbons (Fsp3) is 0.486. The number of ether oxygens (including phenoxy) is 1. The van der Waals surface area contributed by atoms with Crippen molar-refractivity contribution in [2.45, 2.75) is 108 Å². The minimum Gasteiger partial charge on any atom is -0.481 e. The Labute approximate surface area is 282 Å². The molecule has 0 aromatic heterocycles. The van der Waals surface area contributed by atoms with E-state index in [-0.39, 0.29) is 12.2 Å². The molecule has 5 N–H and O–H groups in total. The van der Waals surface area contributed by atoms with Gasteiger partial charge in [-0.05, 0) is 55.5 Å². The number of amides is 1. The molecule has 2 rings (SSSR count). The summed E-state index contributed by atoms with van der Waals surface area (Å²) in [6.07, 6.45) is 11.2. The lowest BCUT2D eigenvalue weighted by Crippen LogP contribution is -2.55. The van der Waals surface area contributed by atoms with Gasteiger partial charge in [-0.25, -0.2) is 9.59 Å². The summed E-state index contributed by atoms with van der Waals surface area (Å²) >= 11 is 0. The predicted octanol–water partition coefficient (Wildman–Crippen LogP) is 6.32. The minimum atomic E-state index is -3.03. The number of carboxylic acids is 3. The van der Waals surface area contributed by atoms with Crippen LogP contribution >= 0.6 is 0 Å². The van der Waals surface area contributed by atoms with Crippen LogP contribution < -0.4 is 10.1 Å². The van der Waals surface area contributed by atoms with Gasteiger partial charge < -0.3 is 30.5 Å². The number of aliphatic hydroxyl groups is 1. The van der Waals surface area contributed by atoms with E-state index in [1.807, 2.05) is 18.2 Å². The molecule has 1 amide bonds. The molecular formula is C37H49NO10. The first-order valence-corrected chi connectivity index (χ1v) is 16.7. The number of hydrogen-bond acceptors (Lipinski definition) is 7. The number of Topliss-reactive ketones (excluding diaryl/α,β-unsaturated/α-hetero) is 1. The van der Waals surface area contributed by atoms with Gasteiger partial charge in [0.1, 0.15) is 23.3 Å². The Morgan fingerprint density at radius 3 is 1.94 bits per heavy atom. The number of hydrogen-bond donors (Lipinski definition) is 5. The molecule has 0 aliphatic carbocycles. The van der Waals surface area contributed by atoms with Crippen molar-refractivity contribution < 1.29 is 49.1 Å². The van der Waals surface area contributed by atoms with Crippen molar-refractivity contribution in [3.8, 4) is 11.5 Å². The molecule has 11 nitrogen and oxygen atoms in total. The maximum Gasteiger partial charge on any atom is 0.337 e. The molecule has 0 fully saturated rings. The molecule has 0 spiro atoms. The molecule has 0 bridgehead atoms. The molecule has 0 aliphatic rings. The van der Waals surface area contributed by atoms with Crippen molar-refractivity contribution in [1.82, 2.24) is 5.32 Å². The molecule has 2 aromatic carbocycles. The second-order valence-corrected chi connectivity index (χ2v) is 12.0.